The first-order valence-corrected chi connectivity index (χ1v) is 7.39. The van der Waals surface area contributed by atoms with E-state index in [1.165, 1.54) is 6.07 Å². The highest BCUT2D eigenvalue weighted by atomic mass is 19.1. The van der Waals surface area contributed by atoms with Crippen molar-refractivity contribution < 1.29 is 9.13 Å². The monoisotopic (exact) mass is 313 g/mol. The van der Waals surface area contributed by atoms with Crippen LogP contribution in [0, 0.1) is 11.2 Å². The molecule has 0 atom stereocenters. The maximum Gasteiger partial charge on any atom is 0.131 e. The smallest absolute Gasteiger partial charge is 0.131 e. The van der Waals surface area contributed by atoms with Gasteiger partial charge in [-0.05, 0) is 46.7 Å². The fourth-order valence-corrected chi connectivity index (χ4v) is 2.57. The minimum atomic E-state index is -0.286. The Bertz CT molecular complexity index is 737. The molecule has 23 heavy (non-hydrogen) atoms. The number of rotatable bonds is 6. The Kier molecular flexibility index (Phi) is 5.24. The summed E-state index contributed by atoms with van der Waals surface area (Å²) in [6.07, 6.45) is 0.679. The second kappa shape index (κ2) is 7.16. The van der Waals surface area contributed by atoms with Gasteiger partial charge in [0.2, 0.25) is 0 Å². The van der Waals surface area contributed by atoms with E-state index in [0.717, 1.165) is 11.1 Å². The third kappa shape index (κ3) is 4.24. The molecule has 0 aliphatic carbocycles. The molecule has 0 bridgehead atoms. The van der Waals surface area contributed by atoms with E-state index in [0.29, 0.717) is 24.3 Å². The van der Waals surface area contributed by atoms with Crippen LogP contribution in [0.2, 0.25) is 0 Å². The molecule has 0 heterocycles. The van der Waals surface area contributed by atoms with Gasteiger partial charge in [0.25, 0.3) is 0 Å². The van der Waals surface area contributed by atoms with Gasteiger partial charge >= 0.3 is 0 Å². The Morgan fingerprint density at radius 2 is 1.91 bits per heavy atom. The van der Waals surface area contributed by atoms with Crippen LogP contribution in [0.1, 0.15) is 19.4 Å². The van der Waals surface area contributed by atoms with Gasteiger partial charge in [-0.2, -0.15) is 0 Å². The van der Waals surface area contributed by atoms with Gasteiger partial charge in [0.1, 0.15) is 11.6 Å². The number of ether oxygens (including phenoxy) is 1. The molecule has 0 amide bonds. The van der Waals surface area contributed by atoms with Crippen LogP contribution in [0.4, 0.5) is 4.39 Å². The van der Waals surface area contributed by atoms with Crippen molar-refractivity contribution in [3.63, 3.8) is 0 Å². The average Bonchev–Trinajstić information content (AvgIpc) is 2.54. The van der Waals surface area contributed by atoms with Crippen LogP contribution in [0.15, 0.2) is 47.6 Å². The van der Waals surface area contributed by atoms with E-state index in [4.69, 9.17) is 10.3 Å². The van der Waals surface area contributed by atoms with E-state index < -0.39 is 0 Å². The van der Waals surface area contributed by atoms with Crippen LogP contribution in [0.5, 0.6) is 5.75 Å². The molecule has 0 radical (unpaired) electrons. The van der Waals surface area contributed by atoms with Crippen molar-refractivity contribution in [3.05, 3.63) is 64.3 Å². The fraction of sp³-hybridized carbons (Fsp3) is 0.333. The highest BCUT2D eigenvalue weighted by molar-refractivity contribution is 5.69. The second-order valence-electron chi connectivity index (χ2n) is 6.23. The van der Waals surface area contributed by atoms with Crippen molar-refractivity contribution in [3.8, 4) is 16.9 Å². The number of methoxy groups -OCH3 is 1. The lowest BCUT2D eigenvalue weighted by Gasteiger charge is -2.24. The van der Waals surface area contributed by atoms with Crippen molar-refractivity contribution in [1.29, 1.82) is 0 Å². The summed E-state index contributed by atoms with van der Waals surface area (Å²) < 4.78 is 19.5. The van der Waals surface area contributed by atoms with E-state index >= 15 is 0 Å². The number of nitrogens with zero attached hydrogens (tertiary/aromatic N) is 3. The Labute approximate surface area is 135 Å². The summed E-state index contributed by atoms with van der Waals surface area (Å²) in [5.41, 5.74) is 10.7. The highest BCUT2D eigenvalue weighted by Gasteiger charge is 2.20. The Morgan fingerprint density at radius 3 is 2.61 bits per heavy atom. The maximum absolute atomic E-state index is 14.3. The van der Waals surface area contributed by atoms with Gasteiger partial charge in [-0.1, -0.05) is 43.2 Å². The normalized spacial score (nSPS) is 11.0. The minimum absolute atomic E-state index is 0.211. The molecule has 0 spiro atoms. The van der Waals surface area contributed by atoms with E-state index in [1.54, 1.807) is 19.2 Å². The Hall–Kier alpha value is -2.52. The van der Waals surface area contributed by atoms with Gasteiger partial charge in [0, 0.05) is 17.0 Å². The Balaban J connectivity index is 2.44. The quantitative estimate of drug-likeness (QED) is 0.401. The predicted octanol–water partition coefficient (Wildman–Crippen LogP) is 5.38. The molecule has 4 nitrogen and oxygen atoms in total. The first kappa shape index (κ1) is 16.8. The molecule has 0 aliphatic rings. The summed E-state index contributed by atoms with van der Waals surface area (Å²) in [4.78, 5) is 2.83. The number of hydrogen-bond acceptors (Lipinski definition) is 2. The fourth-order valence-electron chi connectivity index (χ4n) is 2.57. The average molecular weight is 313 g/mol. The highest BCUT2D eigenvalue weighted by Crippen LogP contribution is 2.33. The zero-order valence-corrected chi connectivity index (χ0v) is 13.6. The standard InChI is InChI=1S/C18H20FN3O/c1-18(2,12-21-22-20)11-13-6-4-5-7-15(13)16-10-14(23-3)8-9-17(16)19/h4-10H,11-12H2,1-3H3. The molecule has 0 aromatic heterocycles. The number of hydrogen-bond donors (Lipinski definition) is 0. The summed E-state index contributed by atoms with van der Waals surface area (Å²) in [5, 5.41) is 3.67. The Morgan fingerprint density at radius 1 is 1.17 bits per heavy atom. The molecule has 2 aromatic carbocycles. The molecular weight excluding hydrogens is 293 g/mol. The third-order valence-corrected chi connectivity index (χ3v) is 3.71. The summed E-state index contributed by atoms with van der Waals surface area (Å²) in [7, 11) is 1.56. The van der Waals surface area contributed by atoms with Crippen LogP contribution in [-0.2, 0) is 6.42 Å². The number of halogens is 1. The van der Waals surface area contributed by atoms with Crippen LogP contribution < -0.4 is 4.74 Å². The van der Waals surface area contributed by atoms with Gasteiger partial charge in [-0.15, -0.1) is 0 Å². The molecule has 2 rings (SSSR count). The molecule has 120 valence electrons. The summed E-state index contributed by atoms with van der Waals surface area (Å²) >= 11 is 0. The van der Waals surface area contributed by atoms with Crippen LogP contribution in [0.25, 0.3) is 21.6 Å². The summed E-state index contributed by atoms with van der Waals surface area (Å²) in [5.74, 6) is 0.329. The zero-order valence-electron chi connectivity index (χ0n) is 13.6. The molecule has 0 saturated carbocycles. The molecule has 0 fully saturated rings. The van der Waals surface area contributed by atoms with Crippen LogP contribution in [0.3, 0.4) is 0 Å². The van der Waals surface area contributed by atoms with Gasteiger partial charge in [-0.25, -0.2) is 4.39 Å². The second-order valence-corrected chi connectivity index (χ2v) is 6.23. The molecule has 0 aliphatic heterocycles. The molecule has 0 saturated heterocycles. The molecule has 5 heteroatoms. The van der Waals surface area contributed by atoms with Gasteiger partial charge < -0.3 is 4.74 Å². The maximum atomic E-state index is 14.3. The van der Waals surface area contributed by atoms with Crippen molar-refractivity contribution in [2.75, 3.05) is 13.7 Å². The topological polar surface area (TPSA) is 58.0 Å². The van der Waals surface area contributed by atoms with Gasteiger partial charge in [-0.3, -0.25) is 0 Å². The van der Waals surface area contributed by atoms with Crippen molar-refractivity contribution in [1.82, 2.24) is 0 Å². The van der Waals surface area contributed by atoms with E-state index in [1.807, 2.05) is 38.1 Å². The summed E-state index contributed by atoms with van der Waals surface area (Å²) in [6, 6.07) is 12.4. The van der Waals surface area contributed by atoms with Crippen LogP contribution >= 0.6 is 0 Å². The van der Waals surface area contributed by atoms with Crippen molar-refractivity contribution in [2.24, 2.45) is 10.5 Å². The van der Waals surface area contributed by atoms with E-state index in [-0.39, 0.29) is 11.2 Å². The SMILES string of the molecule is COc1ccc(F)c(-c2ccccc2CC(C)(C)CN=[N+]=[N-])c1. The first-order chi connectivity index (χ1) is 11.0. The number of benzene rings is 2. The molecule has 0 N–H and O–H groups in total. The molecule has 2 aromatic rings. The molecular formula is C18H20FN3O. The van der Waals surface area contributed by atoms with E-state index in [9.17, 15) is 4.39 Å². The summed E-state index contributed by atoms with van der Waals surface area (Å²) in [6.45, 7) is 4.44. The molecule has 0 unspecified atom stereocenters. The number of azide groups is 1. The lowest BCUT2D eigenvalue weighted by molar-refractivity contribution is 0.376. The van der Waals surface area contributed by atoms with E-state index in [2.05, 4.69) is 10.0 Å². The van der Waals surface area contributed by atoms with Gasteiger partial charge in [0.15, 0.2) is 0 Å². The lowest BCUT2D eigenvalue weighted by Crippen LogP contribution is -2.19. The van der Waals surface area contributed by atoms with Crippen molar-refractivity contribution >= 4 is 0 Å². The lowest BCUT2D eigenvalue weighted by atomic mass is 9.83. The first-order valence-electron chi connectivity index (χ1n) is 7.39. The predicted molar refractivity (Wildman–Crippen MR) is 89.9 cm³/mol. The third-order valence-electron chi connectivity index (χ3n) is 3.71. The van der Waals surface area contributed by atoms with Crippen LogP contribution in [-0.4, -0.2) is 13.7 Å². The minimum Gasteiger partial charge on any atom is -0.497 e. The largest absolute Gasteiger partial charge is 0.497 e. The van der Waals surface area contributed by atoms with Crippen molar-refractivity contribution in [2.45, 2.75) is 20.3 Å². The zero-order chi connectivity index (χ0) is 16.9. The van der Waals surface area contributed by atoms with Gasteiger partial charge in [0.05, 0.1) is 7.11 Å².